The lowest BCUT2D eigenvalue weighted by Crippen LogP contribution is -2.00. The van der Waals surface area contributed by atoms with E-state index >= 15 is 0 Å². The Hall–Kier alpha value is -3.55. The van der Waals surface area contributed by atoms with Crippen LogP contribution >= 0.6 is 0 Å². The number of carbonyl (C=O) groups excluding carboxylic acids is 1. The number of halogens is 1. The van der Waals surface area contributed by atoms with Gasteiger partial charge in [0.15, 0.2) is 0 Å². The molecule has 0 spiro atoms. The van der Waals surface area contributed by atoms with Crippen molar-refractivity contribution < 1.29 is 13.6 Å². The maximum Gasteiger partial charge on any atom is 0.320 e. The van der Waals surface area contributed by atoms with Crippen LogP contribution in [-0.2, 0) is 0 Å². The Morgan fingerprint density at radius 1 is 1.17 bits per heavy atom. The number of ketones is 1. The molecule has 0 radical (unpaired) electrons. The van der Waals surface area contributed by atoms with Gasteiger partial charge in [-0.1, -0.05) is 5.10 Å². The molecule has 8 heteroatoms. The van der Waals surface area contributed by atoms with Gasteiger partial charge in [-0.25, -0.2) is 9.37 Å². The normalized spacial score (nSPS) is 10.9. The molecule has 4 rings (SSSR count). The van der Waals surface area contributed by atoms with E-state index in [4.69, 9.17) is 4.42 Å². The van der Waals surface area contributed by atoms with Gasteiger partial charge in [-0.3, -0.25) is 4.79 Å². The van der Waals surface area contributed by atoms with Gasteiger partial charge in [0.25, 0.3) is 11.7 Å². The van der Waals surface area contributed by atoms with Crippen LogP contribution < -0.4 is 5.32 Å². The molecule has 0 aliphatic rings. The van der Waals surface area contributed by atoms with Gasteiger partial charge >= 0.3 is 6.01 Å². The van der Waals surface area contributed by atoms with E-state index in [9.17, 15) is 9.18 Å². The van der Waals surface area contributed by atoms with Crippen molar-refractivity contribution in [3.63, 3.8) is 0 Å². The van der Waals surface area contributed by atoms with E-state index in [1.54, 1.807) is 24.5 Å². The molecule has 0 fully saturated rings. The first-order valence-corrected chi connectivity index (χ1v) is 7.03. The standard InChI is InChI=1S/C16H10FN5O2/c17-9-3-5-10(6-4-9)20-16-22-21-15(24-16)13(23)12-8-19-14-11(12)2-1-7-18-14/h1-8H,(H,18,19)(H,20,22). The first kappa shape index (κ1) is 14.1. The van der Waals surface area contributed by atoms with Crippen LogP contribution in [0.4, 0.5) is 16.1 Å². The average molecular weight is 323 g/mol. The van der Waals surface area contributed by atoms with Crippen LogP contribution in [0.1, 0.15) is 16.2 Å². The number of carbonyl (C=O) groups is 1. The lowest BCUT2D eigenvalue weighted by Gasteiger charge is -1.99. The van der Waals surface area contributed by atoms with E-state index in [1.165, 1.54) is 24.3 Å². The Morgan fingerprint density at radius 2 is 2.00 bits per heavy atom. The third-order valence-electron chi connectivity index (χ3n) is 3.41. The van der Waals surface area contributed by atoms with E-state index in [0.717, 1.165) is 0 Å². The molecule has 2 N–H and O–H groups in total. The van der Waals surface area contributed by atoms with Gasteiger partial charge in [0.2, 0.25) is 0 Å². The largest absolute Gasteiger partial charge is 0.400 e. The number of rotatable bonds is 4. The lowest BCUT2D eigenvalue weighted by molar-refractivity contribution is 0.100. The highest BCUT2D eigenvalue weighted by atomic mass is 19.1. The van der Waals surface area contributed by atoms with Crippen LogP contribution in [0.25, 0.3) is 11.0 Å². The van der Waals surface area contributed by atoms with Crippen molar-refractivity contribution in [3.05, 3.63) is 66.1 Å². The summed E-state index contributed by atoms with van der Waals surface area (Å²) in [6.45, 7) is 0. The number of nitrogens with one attached hydrogen (secondary N) is 2. The van der Waals surface area contributed by atoms with Crippen molar-refractivity contribution in [2.75, 3.05) is 5.32 Å². The van der Waals surface area contributed by atoms with Crippen molar-refractivity contribution in [3.8, 4) is 0 Å². The third-order valence-corrected chi connectivity index (χ3v) is 3.41. The minimum atomic E-state index is -0.408. The van der Waals surface area contributed by atoms with Crippen molar-refractivity contribution in [2.24, 2.45) is 0 Å². The third kappa shape index (κ3) is 2.50. The molecule has 24 heavy (non-hydrogen) atoms. The highest BCUT2D eigenvalue weighted by molar-refractivity contribution is 6.13. The van der Waals surface area contributed by atoms with Gasteiger partial charge < -0.3 is 14.7 Å². The van der Waals surface area contributed by atoms with Gasteiger partial charge in [-0.05, 0) is 36.4 Å². The summed E-state index contributed by atoms with van der Waals surface area (Å²) in [5.41, 5.74) is 1.57. The quantitative estimate of drug-likeness (QED) is 0.560. The molecule has 3 heterocycles. The number of hydrogen-bond donors (Lipinski definition) is 2. The summed E-state index contributed by atoms with van der Waals surface area (Å²) < 4.78 is 18.2. The van der Waals surface area contributed by atoms with Crippen molar-refractivity contribution in [1.82, 2.24) is 20.2 Å². The Kier molecular flexibility index (Phi) is 3.27. The summed E-state index contributed by atoms with van der Waals surface area (Å²) in [5.74, 6) is -0.909. The number of hydrogen-bond acceptors (Lipinski definition) is 6. The number of aromatic amines is 1. The van der Waals surface area contributed by atoms with E-state index in [0.29, 0.717) is 22.3 Å². The zero-order chi connectivity index (χ0) is 16.5. The topological polar surface area (TPSA) is 96.7 Å². The molecule has 0 saturated carbocycles. The molecule has 1 aromatic carbocycles. The maximum atomic E-state index is 12.9. The molecule has 4 aromatic rings. The Bertz CT molecular complexity index is 1020. The van der Waals surface area contributed by atoms with Crippen molar-refractivity contribution in [2.45, 2.75) is 0 Å². The smallest absolute Gasteiger partial charge is 0.320 e. The second-order valence-corrected chi connectivity index (χ2v) is 4.98. The highest BCUT2D eigenvalue weighted by Gasteiger charge is 2.20. The molecular formula is C16H10FN5O2. The van der Waals surface area contributed by atoms with Gasteiger partial charge in [-0.2, -0.15) is 0 Å². The second-order valence-electron chi connectivity index (χ2n) is 4.98. The Morgan fingerprint density at radius 3 is 2.83 bits per heavy atom. The molecule has 3 aromatic heterocycles. The van der Waals surface area contributed by atoms with Crippen LogP contribution in [0.15, 0.2) is 53.2 Å². The van der Waals surface area contributed by atoms with Crippen LogP contribution in [0.5, 0.6) is 0 Å². The average Bonchev–Trinajstić information content (AvgIpc) is 3.23. The first-order valence-electron chi connectivity index (χ1n) is 7.03. The van der Waals surface area contributed by atoms with E-state index in [1.807, 2.05) is 0 Å². The number of fused-ring (bicyclic) bond motifs is 1. The molecule has 0 atom stereocenters. The Labute approximate surface area is 134 Å². The number of aromatic nitrogens is 4. The number of anilines is 2. The maximum absolute atomic E-state index is 12.9. The van der Waals surface area contributed by atoms with Crippen molar-refractivity contribution in [1.29, 1.82) is 0 Å². The molecule has 0 aliphatic heterocycles. The predicted octanol–water partition coefficient (Wildman–Crippen LogP) is 3.06. The van der Waals surface area contributed by atoms with Gasteiger partial charge in [0, 0.05) is 23.5 Å². The fourth-order valence-electron chi connectivity index (χ4n) is 2.28. The fourth-order valence-corrected chi connectivity index (χ4v) is 2.28. The van der Waals surface area contributed by atoms with Crippen molar-refractivity contribution >= 4 is 28.5 Å². The molecule has 0 amide bonds. The predicted molar refractivity (Wildman–Crippen MR) is 83.5 cm³/mol. The molecule has 118 valence electrons. The van der Waals surface area contributed by atoms with E-state index in [2.05, 4.69) is 25.5 Å². The van der Waals surface area contributed by atoms with Gasteiger partial charge in [0.05, 0.1) is 5.56 Å². The highest BCUT2D eigenvalue weighted by Crippen LogP contribution is 2.21. The van der Waals surface area contributed by atoms with Crippen LogP contribution in [-0.4, -0.2) is 25.9 Å². The zero-order valence-electron chi connectivity index (χ0n) is 12.2. The fraction of sp³-hybridized carbons (Fsp3) is 0. The van der Waals surface area contributed by atoms with Crippen LogP contribution in [0, 0.1) is 5.82 Å². The lowest BCUT2D eigenvalue weighted by atomic mass is 10.1. The second kappa shape index (κ2) is 5.58. The van der Waals surface area contributed by atoms with Gasteiger partial charge in [0.1, 0.15) is 11.5 Å². The molecule has 0 aliphatic carbocycles. The monoisotopic (exact) mass is 323 g/mol. The molecule has 0 bridgehead atoms. The van der Waals surface area contributed by atoms with E-state index < -0.39 is 5.78 Å². The summed E-state index contributed by atoms with van der Waals surface area (Å²) in [6.07, 6.45) is 3.18. The molecule has 0 saturated heterocycles. The minimum Gasteiger partial charge on any atom is -0.400 e. The molecule has 0 unspecified atom stereocenters. The SMILES string of the molecule is O=C(c1nnc(Nc2ccc(F)cc2)o1)c1c[nH]c2ncccc12. The summed E-state index contributed by atoms with van der Waals surface area (Å²) >= 11 is 0. The Balaban J connectivity index is 1.60. The number of benzene rings is 1. The number of nitrogens with zero attached hydrogens (tertiary/aromatic N) is 3. The van der Waals surface area contributed by atoms with Gasteiger partial charge in [-0.15, -0.1) is 5.10 Å². The first-order chi connectivity index (χ1) is 11.7. The summed E-state index contributed by atoms with van der Waals surface area (Å²) in [5, 5.41) is 11.0. The van der Waals surface area contributed by atoms with E-state index in [-0.39, 0.29) is 17.7 Å². The minimum absolute atomic E-state index is 0.0444. The van der Waals surface area contributed by atoms with Crippen LogP contribution in [0.3, 0.4) is 0 Å². The van der Waals surface area contributed by atoms with Crippen LogP contribution in [0.2, 0.25) is 0 Å². The molecule has 7 nitrogen and oxygen atoms in total. The summed E-state index contributed by atoms with van der Waals surface area (Å²) in [7, 11) is 0. The number of pyridine rings is 1. The molecular weight excluding hydrogens is 313 g/mol. The summed E-state index contributed by atoms with van der Waals surface area (Å²) in [6, 6.07) is 9.19. The summed E-state index contributed by atoms with van der Waals surface area (Å²) in [4.78, 5) is 19.6. The zero-order valence-corrected chi connectivity index (χ0v) is 12.2. The number of H-pyrrole nitrogens is 1.